The molecule has 2 aromatic carbocycles. The number of para-hydroxylation sites is 1. The molecule has 0 fully saturated rings. The molecule has 0 saturated carbocycles. The van der Waals surface area contributed by atoms with Gasteiger partial charge in [-0.2, -0.15) is 5.26 Å². The predicted octanol–water partition coefficient (Wildman–Crippen LogP) is 3.14. The third-order valence-electron chi connectivity index (χ3n) is 5.22. The molecule has 0 aliphatic carbocycles. The summed E-state index contributed by atoms with van der Waals surface area (Å²) in [6.45, 7) is 5.51. The highest BCUT2D eigenvalue weighted by Crippen LogP contribution is 2.49. The summed E-state index contributed by atoms with van der Waals surface area (Å²) in [5.74, 6) is 0.0971. The largest absolute Gasteiger partial charge is 0.483 e. The number of nitriles is 1. The average molecular weight is 379 g/mol. The molecule has 0 radical (unpaired) electrons. The maximum absolute atomic E-state index is 11.9. The van der Waals surface area contributed by atoms with Gasteiger partial charge in [0.05, 0.1) is 11.6 Å². The molecule has 3 rings (SSSR count). The first-order chi connectivity index (χ1) is 13.3. The molecule has 1 aliphatic heterocycles. The van der Waals surface area contributed by atoms with Crippen LogP contribution in [0.2, 0.25) is 0 Å². The van der Waals surface area contributed by atoms with Crippen LogP contribution < -0.4 is 15.4 Å². The van der Waals surface area contributed by atoms with Crippen LogP contribution in [-0.4, -0.2) is 28.9 Å². The molecule has 28 heavy (non-hydrogen) atoms. The highest BCUT2D eigenvalue weighted by molar-refractivity contribution is 5.72. The normalized spacial score (nSPS) is 22.3. The van der Waals surface area contributed by atoms with E-state index in [1.165, 1.54) is 6.92 Å². The lowest BCUT2D eigenvalue weighted by Crippen LogP contribution is -2.65. The van der Waals surface area contributed by atoms with Gasteiger partial charge in [-0.1, -0.05) is 18.2 Å². The second-order valence-corrected chi connectivity index (χ2v) is 7.56. The molecular formula is C22H25N3O3. The van der Waals surface area contributed by atoms with Gasteiger partial charge in [-0.25, -0.2) is 0 Å². The van der Waals surface area contributed by atoms with E-state index >= 15 is 0 Å². The molecule has 6 heteroatoms. The molecule has 0 saturated heterocycles. The minimum atomic E-state index is -1.46. The fourth-order valence-electron chi connectivity index (χ4n) is 3.72. The number of fused-ring (bicyclic) bond motifs is 1. The van der Waals surface area contributed by atoms with Crippen molar-refractivity contribution in [2.75, 3.05) is 11.9 Å². The van der Waals surface area contributed by atoms with E-state index < -0.39 is 17.2 Å². The molecule has 0 spiro atoms. The second-order valence-electron chi connectivity index (χ2n) is 7.56. The Morgan fingerprint density at radius 2 is 1.96 bits per heavy atom. The summed E-state index contributed by atoms with van der Waals surface area (Å²) in [6.07, 6.45) is 0.477. The quantitative estimate of drug-likeness (QED) is 0.694. The number of carbonyl (C=O) groups excluding carboxylic acids is 1. The van der Waals surface area contributed by atoms with Crippen molar-refractivity contribution in [3.05, 3.63) is 59.7 Å². The zero-order chi connectivity index (χ0) is 20.4. The van der Waals surface area contributed by atoms with Crippen molar-refractivity contribution in [3.8, 4) is 11.8 Å². The molecular weight excluding hydrogens is 354 g/mol. The number of carbonyl (C=O) groups is 1. The van der Waals surface area contributed by atoms with Crippen molar-refractivity contribution in [1.82, 2.24) is 5.32 Å². The van der Waals surface area contributed by atoms with Crippen LogP contribution in [0.25, 0.3) is 0 Å². The molecule has 1 aliphatic rings. The molecule has 3 N–H and O–H groups in total. The van der Waals surface area contributed by atoms with Gasteiger partial charge in [-0.05, 0) is 50.6 Å². The van der Waals surface area contributed by atoms with Crippen LogP contribution in [0.3, 0.4) is 0 Å². The van der Waals surface area contributed by atoms with Gasteiger partial charge in [0.15, 0.2) is 11.3 Å². The van der Waals surface area contributed by atoms with Crippen molar-refractivity contribution < 1.29 is 14.6 Å². The third-order valence-corrected chi connectivity index (χ3v) is 5.22. The fourth-order valence-corrected chi connectivity index (χ4v) is 3.72. The van der Waals surface area contributed by atoms with E-state index in [1.807, 2.05) is 44.2 Å². The lowest BCUT2D eigenvalue weighted by molar-refractivity contribution is -0.128. The summed E-state index contributed by atoms with van der Waals surface area (Å²) in [5, 5.41) is 27.2. The Kier molecular flexibility index (Phi) is 5.30. The van der Waals surface area contributed by atoms with Crippen molar-refractivity contribution in [2.24, 2.45) is 0 Å². The number of benzene rings is 2. The molecule has 2 atom stereocenters. The van der Waals surface area contributed by atoms with Crippen LogP contribution in [-0.2, 0) is 4.79 Å². The van der Waals surface area contributed by atoms with Gasteiger partial charge in [-0.3, -0.25) is 4.79 Å². The lowest BCUT2D eigenvalue weighted by Gasteiger charge is -2.52. The Bertz CT molecular complexity index is 905. The zero-order valence-corrected chi connectivity index (χ0v) is 16.3. The smallest absolute Gasteiger partial charge is 0.216 e. The summed E-state index contributed by atoms with van der Waals surface area (Å²) < 4.78 is 6.16. The zero-order valence-electron chi connectivity index (χ0n) is 16.3. The van der Waals surface area contributed by atoms with Crippen molar-refractivity contribution in [3.63, 3.8) is 0 Å². The van der Waals surface area contributed by atoms with Crippen molar-refractivity contribution in [2.45, 2.75) is 44.4 Å². The van der Waals surface area contributed by atoms with Crippen LogP contribution in [0.4, 0.5) is 5.69 Å². The number of ether oxygens (including phenoxy) is 1. The SMILES string of the molecule is CC(=O)NCCC1c2cc(C#N)ccc2OC(C)(C)C1(O)Nc1ccccc1. The standard InChI is InChI=1S/C22H25N3O3/c1-15(26)24-12-11-19-18-13-16(14-23)9-10-20(18)28-21(2,3)22(19,27)25-17-7-5-4-6-8-17/h4-10,13,19,25,27H,11-12H2,1-3H3,(H,24,26). The number of rotatable bonds is 5. The predicted molar refractivity (Wildman–Crippen MR) is 107 cm³/mol. The highest BCUT2D eigenvalue weighted by Gasteiger charge is 2.55. The fraction of sp³-hybridized carbons (Fsp3) is 0.364. The van der Waals surface area contributed by atoms with E-state index in [0.717, 1.165) is 11.3 Å². The number of aliphatic hydroxyl groups is 1. The monoisotopic (exact) mass is 379 g/mol. The molecule has 2 unspecified atom stereocenters. The summed E-state index contributed by atoms with van der Waals surface area (Å²) in [4.78, 5) is 11.4. The molecule has 0 bridgehead atoms. The molecule has 6 nitrogen and oxygen atoms in total. The molecule has 0 aromatic heterocycles. The first-order valence-corrected chi connectivity index (χ1v) is 9.30. The minimum Gasteiger partial charge on any atom is -0.483 e. The molecule has 146 valence electrons. The highest BCUT2D eigenvalue weighted by atomic mass is 16.5. The molecule has 2 aromatic rings. The Balaban J connectivity index is 2.07. The van der Waals surface area contributed by atoms with E-state index in [1.54, 1.807) is 18.2 Å². The Morgan fingerprint density at radius 1 is 1.25 bits per heavy atom. The van der Waals surface area contributed by atoms with Crippen LogP contribution >= 0.6 is 0 Å². The maximum atomic E-state index is 11.9. The number of nitrogens with zero attached hydrogens (tertiary/aromatic N) is 1. The Labute approximate surface area is 165 Å². The molecule has 1 amide bonds. The summed E-state index contributed by atoms with van der Waals surface area (Å²) in [6, 6.07) is 16.8. The van der Waals surface area contributed by atoms with Crippen LogP contribution in [0.5, 0.6) is 5.75 Å². The van der Waals surface area contributed by atoms with E-state index in [-0.39, 0.29) is 5.91 Å². The van der Waals surface area contributed by atoms with Crippen molar-refractivity contribution in [1.29, 1.82) is 5.26 Å². The van der Waals surface area contributed by atoms with Crippen LogP contribution in [0.1, 0.15) is 44.2 Å². The minimum absolute atomic E-state index is 0.128. The maximum Gasteiger partial charge on any atom is 0.216 e. The van der Waals surface area contributed by atoms with Gasteiger partial charge in [0.25, 0.3) is 0 Å². The first kappa shape index (κ1) is 19.7. The van der Waals surface area contributed by atoms with Gasteiger partial charge in [0, 0.05) is 30.6 Å². The van der Waals surface area contributed by atoms with Crippen LogP contribution in [0, 0.1) is 11.3 Å². The van der Waals surface area contributed by atoms with Crippen molar-refractivity contribution >= 4 is 11.6 Å². The van der Waals surface area contributed by atoms with Crippen LogP contribution in [0.15, 0.2) is 48.5 Å². The number of hydrogen-bond acceptors (Lipinski definition) is 5. The summed E-state index contributed by atoms with van der Waals surface area (Å²) in [5.41, 5.74) is -0.437. The number of hydrogen-bond donors (Lipinski definition) is 3. The van der Waals surface area contributed by atoms with E-state index in [0.29, 0.717) is 24.3 Å². The Morgan fingerprint density at radius 3 is 2.61 bits per heavy atom. The Hall–Kier alpha value is -3.04. The number of amides is 1. The first-order valence-electron chi connectivity index (χ1n) is 9.30. The summed E-state index contributed by atoms with van der Waals surface area (Å²) in [7, 11) is 0. The second kappa shape index (κ2) is 7.53. The lowest BCUT2D eigenvalue weighted by atomic mass is 9.73. The van der Waals surface area contributed by atoms with E-state index in [2.05, 4.69) is 16.7 Å². The number of nitrogens with one attached hydrogen (secondary N) is 2. The van der Waals surface area contributed by atoms with Gasteiger partial charge in [0.1, 0.15) is 5.75 Å². The third kappa shape index (κ3) is 3.67. The topological polar surface area (TPSA) is 94.4 Å². The van der Waals surface area contributed by atoms with Gasteiger partial charge >= 0.3 is 0 Å². The number of anilines is 1. The van der Waals surface area contributed by atoms with Gasteiger partial charge < -0.3 is 20.5 Å². The van der Waals surface area contributed by atoms with Gasteiger partial charge in [-0.15, -0.1) is 0 Å². The van der Waals surface area contributed by atoms with E-state index in [4.69, 9.17) is 4.74 Å². The average Bonchev–Trinajstić information content (AvgIpc) is 2.65. The van der Waals surface area contributed by atoms with E-state index in [9.17, 15) is 15.2 Å². The summed E-state index contributed by atoms with van der Waals surface area (Å²) >= 11 is 0. The molecule has 1 heterocycles. The van der Waals surface area contributed by atoms with Gasteiger partial charge in [0.2, 0.25) is 5.91 Å².